The fraction of sp³-hybridized carbons (Fsp3) is 0.818. The summed E-state index contributed by atoms with van der Waals surface area (Å²) in [5.41, 5.74) is 4.27. The Balaban J connectivity index is 2.25. The van der Waals surface area contributed by atoms with Gasteiger partial charge in [-0.05, 0) is 59.1 Å². The summed E-state index contributed by atoms with van der Waals surface area (Å²) in [7, 11) is 0. The van der Waals surface area contributed by atoms with Crippen LogP contribution in [0.4, 0.5) is 4.39 Å². The Kier molecular flexibility index (Phi) is 19.8. The van der Waals surface area contributed by atoms with E-state index < -0.39 is 34.8 Å². The lowest BCUT2D eigenvalue weighted by Gasteiger charge is -2.42. The second-order valence-electron chi connectivity index (χ2n) is 12.9. The highest BCUT2D eigenvalue weighted by molar-refractivity contribution is 5.20. The lowest BCUT2D eigenvalue weighted by atomic mass is 9.83. The molecule has 0 aromatic heterocycles. The second kappa shape index (κ2) is 21.4. The van der Waals surface area contributed by atoms with Gasteiger partial charge in [-0.1, -0.05) is 32.0 Å². The van der Waals surface area contributed by atoms with Gasteiger partial charge in [0.2, 0.25) is 5.85 Å². The van der Waals surface area contributed by atoms with Crippen LogP contribution in [0.15, 0.2) is 30.3 Å². The Morgan fingerprint density at radius 3 is 1.96 bits per heavy atom. The number of alkyl halides is 1. The number of para-hydroxylation sites is 1. The smallest absolute Gasteiger partial charge is 0.208 e. The topological polar surface area (TPSA) is 151 Å². The van der Waals surface area contributed by atoms with Gasteiger partial charge >= 0.3 is 0 Å². The van der Waals surface area contributed by atoms with Gasteiger partial charge in [-0.3, -0.25) is 0 Å². The molecule has 0 fully saturated rings. The van der Waals surface area contributed by atoms with Gasteiger partial charge in [0.1, 0.15) is 30.3 Å². The van der Waals surface area contributed by atoms with Crippen molar-refractivity contribution in [2.45, 2.75) is 96.6 Å². The van der Waals surface area contributed by atoms with Gasteiger partial charge in [-0.2, -0.15) is 0 Å². The molecule has 0 amide bonds. The van der Waals surface area contributed by atoms with Gasteiger partial charge in [0.15, 0.2) is 0 Å². The van der Waals surface area contributed by atoms with Crippen LogP contribution in [0.3, 0.4) is 0 Å². The predicted octanol–water partition coefficient (Wildman–Crippen LogP) is 3.60. The maximum absolute atomic E-state index is 14.9. The molecule has 0 radical (unpaired) electrons. The molecular formula is C33H60FNO10. The fourth-order valence-corrected chi connectivity index (χ4v) is 3.71. The van der Waals surface area contributed by atoms with E-state index in [0.717, 1.165) is 6.42 Å². The maximum Gasteiger partial charge on any atom is 0.208 e. The summed E-state index contributed by atoms with van der Waals surface area (Å²) in [6, 6.07) is 9.16. The first-order valence-corrected chi connectivity index (χ1v) is 15.9. The Morgan fingerprint density at radius 2 is 1.31 bits per heavy atom. The van der Waals surface area contributed by atoms with Gasteiger partial charge in [-0.25, -0.2) is 4.39 Å². The summed E-state index contributed by atoms with van der Waals surface area (Å²) in [6.07, 6.45) is 0.454. The van der Waals surface area contributed by atoms with Gasteiger partial charge in [0.05, 0.1) is 51.8 Å². The van der Waals surface area contributed by atoms with Crippen LogP contribution in [0, 0.1) is 5.41 Å². The van der Waals surface area contributed by atoms with Crippen molar-refractivity contribution in [3.8, 4) is 5.75 Å². The van der Waals surface area contributed by atoms with Gasteiger partial charge in [0.25, 0.3) is 0 Å². The Labute approximate surface area is 269 Å². The van der Waals surface area contributed by atoms with Crippen LogP contribution in [0.2, 0.25) is 0 Å². The molecule has 5 N–H and O–H groups in total. The molecule has 0 spiro atoms. The molecule has 0 aliphatic carbocycles. The lowest BCUT2D eigenvalue weighted by molar-refractivity contribution is -0.186. The first kappa shape index (κ1) is 41.6. The zero-order valence-corrected chi connectivity index (χ0v) is 28.3. The number of rotatable bonds is 28. The van der Waals surface area contributed by atoms with Crippen LogP contribution in [0.5, 0.6) is 5.75 Å². The van der Waals surface area contributed by atoms with E-state index in [0.29, 0.717) is 38.4 Å². The van der Waals surface area contributed by atoms with Crippen molar-refractivity contribution in [1.29, 1.82) is 0 Å². The Hall–Kier alpha value is -1.45. The van der Waals surface area contributed by atoms with E-state index in [9.17, 15) is 14.6 Å². The van der Waals surface area contributed by atoms with E-state index in [1.54, 1.807) is 19.1 Å². The van der Waals surface area contributed by atoms with Crippen LogP contribution < -0.4 is 10.5 Å². The average molecular weight is 650 g/mol. The van der Waals surface area contributed by atoms with Crippen molar-refractivity contribution in [3.63, 3.8) is 0 Å². The third-order valence-electron chi connectivity index (χ3n) is 7.41. The SMILES string of the molecule is CC(C)(CCOCC(O)COCCCCO)OCC(C)(C)C(C)(N)OCCC(C)(F)OCCOCC(O)COc1ccccc1. The number of nitrogens with two attached hydrogens (primary N) is 1. The Morgan fingerprint density at radius 1 is 0.711 bits per heavy atom. The van der Waals surface area contributed by atoms with Gasteiger partial charge < -0.3 is 54.2 Å². The molecule has 1 aromatic rings. The van der Waals surface area contributed by atoms with E-state index in [2.05, 4.69) is 0 Å². The fourth-order valence-electron chi connectivity index (χ4n) is 3.71. The lowest BCUT2D eigenvalue weighted by Crippen LogP contribution is -2.55. The van der Waals surface area contributed by atoms with Crippen molar-refractivity contribution in [2.75, 3.05) is 72.7 Å². The normalized spacial score (nSPS) is 16.6. The molecule has 4 atom stereocenters. The standard InChI is InChI=1S/C33H60FNO10/c1-30(2,26-45-31(3,4)14-18-40-23-27(37)22-39-17-11-10-16-36)33(6,35)44-19-15-32(5,34)43-21-20-41-24-28(38)25-42-29-12-8-7-9-13-29/h7-9,12-13,27-28,36-38H,10-11,14-26,35H2,1-6H3. The van der Waals surface area contributed by atoms with E-state index in [1.807, 2.05) is 45.9 Å². The first-order valence-electron chi connectivity index (χ1n) is 15.9. The predicted molar refractivity (Wildman–Crippen MR) is 170 cm³/mol. The number of aliphatic hydroxyl groups excluding tert-OH is 3. The summed E-state index contributed by atoms with van der Waals surface area (Å²) < 4.78 is 54.2. The molecule has 1 rings (SSSR count). The second-order valence-corrected chi connectivity index (χ2v) is 12.9. The highest BCUT2D eigenvalue weighted by Crippen LogP contribution is 2.33. The quantitative estimate of drug-likeness (QED) is 0.0779. The van der Waals surface area contributed by atoms with Gasteiger partial charge in [-0.15, -0.1) is 0 Å². The summed E-state index contributed by atoms with van der Waals surface area (Å²) in [6.45, 7) is 12.8. The van der Waals surface area contributed by atoms with Crippen LogP contribution in [0.25, 0.3) is 0 Å². The minimum absolute atomic E-state index is 0.00937. The molecular weight excluding hydrogens is 589 g/mol. The third-order valence-corrected chi connectivity index (χ3v) is 7.41. The zero-order chi connectivity index (χ0) is 33.8. The van der Waals surface area contributed by atoms with Crippen molar-refractivity contribution in [1.82, 2.24) is 0 Å². The molecule has 12 heteroatoms. The summed E-state index contributed by atoms with van der Waals surface area (Å²) >= 11 is 0. The molecule has 45 heavy (non-hydrogen) atoms. The molecule has 0 aliphatic heterocycles. The number of unbranched alkanes of at least 4 members (excludes halogenated alkanes) is 1. The molecule has 0 saturated heterocycles. The summed E-state index contributed by atoms with van der Waals surface area (Å²) in [5.74, 6) is -1.29. The van der Waals surface area contributed by atoms with Crippen molar-refractivity contribution < 1.29 is 52.9 Å². The van der Waals surface area contributed by atoms with E-state index in [1.165, 1.54) is 6.92 Å². The molecule has 0 saturated carbocycles. The number of ether oxygens (including phenoxy) is 7. The average Bonchev–Trinajstić information content (AvgIpc) is 2.97. The number of aliphatic hydroxyl groups is 3. The minimum Gasteiger partial charge on any atom is -0.491 e. The number of hydrogen-bond acceptors (Lipinski definition) is 11. The highest BCUT2D eigenvalue weighted by atomic mass is 19.2. The molecule has 264 valence electrons. The van der Waals surface area contributed by atoms with Crippen LogP contribution in [0.1, 0.15) is 67.2 Å². The molecule has 0 heterocycles. The van der Waals surface area contributed by atoms with Crippen LogP contribution in [-0.2, 0) is 28.4 Å². The molecule has 0 bridgehead atoms. The molecule has 11 nitrogen and oxygen atoms in total. The van der Waals surface area contributed by atoms with E-state index >= 15 is 0 Å². The monoisotopic (exact) mass is 649 g/mol. The summed E-state index contributed by atoms with van der Waals surface area (Å²) in [4.78, 5) is 0. The van der Waals surface area contributed by atoms with Crippen molar-refractivity contribution in [3.05, 3.63) is 30.3 Å². The highest BCUT2D eigenvalue weighted by Gasteiger charge is 2.41. The third kappa shape index (κ3) is 19.7. The van der Waals surface area contributed by atoms with Crippen LogP contribution in [-0.4, -0.2) is 117 Å². The maximum atomic E-state index is 14.9. The summed E-state index contributed by atoms with van der Waals surface area (Å²) in [5, 5.41) is 28.7. The van der Waals surface area contributed by atoms with Crippen molar-refractivity contribution >= 4 is 0 Å². The number of benzene rings is 1. The number of halogens is 1. The van der Waals surface area contributed by atoms with Crippen molar-refractivity contribution in [2.24, 2.45) is 11.1 Å². The Bertz CT molecular complexity index is 872. The number of hydrogen-bond donors (Lipinski definition) is 4. The zero-order valence-electron chi connectivity index (χ0n) is 28.3. The minimum atomic E-state index is -1.95. The van der Waals surface area contributed by atoms with E-state index in [-0.39, 0.29) is 59.3 Å². The first-order chi connectivity index (χ1) is 21.1. The van der Waals surface area contributed by atoms with Gasteiger partial charge in [0, 0.05) is 31.7 Å². The molecule has 1 aromatic carbocycles. The van der Waals surface area contributed by atoms with Crippen LogP contribution >= 0.6 is 0 Å². The molecule has 4 unspecified atom stereocenters. The van der Waals surface area contributed by atoms with E-state index in [4.69, 9.17) is 44.0 Å². The largest absolute Gasteiger partial charge is 0.491 e. The molecule has 0 aliphatic rings.